The van der Waals surface area contributed by atoms with Crippen molar-refractivity contribution in [2.45, 2.75) is 44.4 Å². The van der Waals surface area contributed by atoms with Gasteiger partial charge in [0.15, 0.2) is 0 Å². The number of carbonyl (C=O) groups excluding carboxylic acids is 1. The Morgan fingerprint density at radius 3 is 2.66 bits per heavy atom. The van der Waals surface area contributed by atoms with Crippen LogP contribution in [0.2, 0.25) is 0 Å². The van der Waals surface area contributed by atoms with E-state index in [9.17, 15) is 18.0 Å². The summed E-state index contributed by atoms with van der Waals surface area (Å²) in [5, 5.41) is 3.68. The number of amides is 2. The number of urea groups is 1. The molecule has 4 aromatic rings. The van der Waals surface area contributed by atoms with Gasteiger partial charge in [0.05, 0.1) is 36.6 Å². The number of methoxy groups -OCH3 is 1. The summed E-state index contributed by atoms with van der Waals surface area (Å²) in [4.78, 5) is 17.0. The Kier molecular flexibility index (Phi) is 6.18. The van der Waals surface area contributed by atoms with Crippen LogP contribution in [0.5, 0.6) is 5.75 Å². The van der Waals surface area contributed by atoms with Gasteiger partial charge in [0.1, 0.15) is 10.8 Å². The van der Waals surface area contributed by atoms with Crippen LogP contribution in [0.15, 0.2) is 66.9 Å². The van der Waals surface area contributed by atoms with E-state index < -0.39 is 23.8 Å². The van der Waals surface area contributed by atoms with Crippen molar-refractivity contribution >= 4 is 23.1 Å². The van der Waals surface area contributed by atoms with Crippen LogP contribution in [0, 0.1) is 0 Å². The van der Waals surface area contributed by atoms with E-state index in [0.717, 1.165) is 53.6 Å². The molecule has 38 heavy (non-hydrogen) atoms. The smallest absolute Gasteiger partial charge is 0.418 e. The molecule has 1 aliphatic carbocycles. The van der Waals surface area contributed by atoms with Crippen LogP contribution in [0.3, 0.4) is 0 Å². The first-order valence-electron chi connectivity index (χ1n) is 12.5. The normalized spacial score (nSPS) is 16.7. The van der Waals surface area contributed by atoms with Crippen molar-refractivity contribution in [3.05, 3.63) is 99.7 Å². The van der Waals surface area contributed by atoms with Crippen LogP contribution < -0.4 is 10.1 Å². The predicted octanol–water partition coefficient (Wildman–Crippen LogP) is 7.58. The number of ether oxygens (including phenoxy) is 1. The van der Waals surface area contributed by atoms with E-state index in [4.69, 9.17) is 4.74 Å². The standard InChI is InChI=1S/C29H26F3N3O2S/c1-37-19-9-6-8-18(16-19)26-24-13-7-15-34(24)27-21(20-10-2-5-14-25(20)38-27)17-35(26)28(36)33-23-12-4-3-11-22(23)29(30,31)32/h3-4,6-9,11-13,15-16,26H,2,5,10,14,17H2,1H3,(H,33,36)/t26-/m1/s1. The lowest BCUT2D eigenvalue weighted by Gasteiger charge is -2.32. The average Bonchev–Trinajstić information content (AvgIpc) is 3.50. The molecule has 2 aliphatic rings. The van der Waals surface area contributed by atoms with E-state index in [1.807, 2.05) is 42.6 Å². The fourth-order valence-electron chi connectivity index (χ4n) is 5.58. The molecule has 0 spiro atoms. The van der Waals surface area contributed by atoms with Crippen molar-refractivity contribution in [2.75, 3.05) is 12.4 Å². The lowest BCUT2D eigenvalue weighted by molar-refractivity contribution is -0.136. The number of fused-ring (bicyclic) bond motifs is 5. The zero-order chi connectivity index (χ0) is 26.4. The van der Waals surface area contributed by atoms with Crippen LogP contribution >= 0.6 is 11.3 Å². The number of benzene rings is 2. The highest BCUT2D eigenvalue weighted by molar-refractivity contribution is 7.15. The quantitative estimate of drug-likeness (QED) is 0.293. The molecule has 9 heteroatoms. The second kappa shape index (κ2) is 9.54. The minimum Gasteiger partial charge on any atom is -0.497 e. The number of nitrogens with zero attached hydrogens (tertiary/aromatic N) is 2. The summed E-state index contributed by atoms with van der Waals surface area (Å²) < 4.78 is 48.9. The number of alkyl halides is 3. The number of carbonyl (C=O) groups is 1. The van der Waals surface area contributed by atoms with E-state index in [0.29, 0.717) is 5.75 Å². The monoisotopic (exact) mass is 537 g/mol. The van der Waals surface area contributed by atoms with Crippen molar-refractivity contribution in [3.63, 3.8) is 0 Å². The van der Waals surface area contributed by atoms with Gasteiger partial charge >= 0.3 is 12.2 Å². The molecule has 0 saturated carbocycles. The molecule has 2 aromatic heterocycles. The highest BCUT2D eigenvalue weighted by Gasteiger charge is 2.38. The molecule has 0 unspecified atom stereocenters. The number of anilines is 1. The maximum absolute atomic E-state index is 14.0. The van der Waals surface area contributed by atoms with Gasteiger partial charge in [0.25, 0.3) is 0 Å². The summed E-state index contributed by atoms with van der Waals surface area (Å²) in [6, 6.07) is 15.4. The molecule has 2 amide bonds. The van der Waals surface area contributed by atoms with Gasteiger partial charge in [-0.3, -0.25) is 0 Å². The van der Waals surface area contributed by atoms with E-state index >= 15 is 0 Å². The SMILES string of the molecule is COc1cccc([C@@H]2c3cccn3-c3sc4c(c3CN2C(=O)Nc2ccccc2C(F)(F)F)CCCC4)c1. The first-order chi connectivity index (χ1) is 18.3. The van der Waals surface area contributed by atoms with Crippen LogP contribution in [-0.2, 0) is 25.6 Å². The third-order valence-corrected chi connectivity index (χ3v) is 8.66. The minimum atomic E-state index is -4.59. The number of rotatable bonds is 3. The first-order valence-corrected chi connectivity index (χ1v) is 13.4. The molecule has 2 aromatic carbocycles. The zero-order valence-corrected chi connectivity index (χ0v) is 21.5. The Hall–Kier alpha value is -3.72. The van der Waals surface area contributed by atoms with Crippen molar-refractivity contribution in [1.29, 1.82) is 0 Å². The molecular weight excluding hydrogens is 511 g/mol. The third-order valence-electron chi connectivity index (χ3n) is 7.32. The van der Waals surface area contributed by atoms with Crippen molar-refractivity contribution in [3.8, 4) is 10.8 Å². The number of halogens is 3. The number of aryl methyl sites for hydroxylation is 1. The van der Waals surface area contributed by atoms with Crippen LogP contribution in [0.1, 0.15) is 51.7 Å². The Balaban J connectivity index is 1.50. The molecule has 6 rings (SSSR count). The summed E-state index contributed by atoms with van der Waals surface area (Å²) in [5.41, 5.74) is 2.89. The second-order valence-corrected chi connectivity index (χ2v) is 10.7. The van der Waals surface area contributed by atoms with E-state index in [1.54, 1.807) is 23.3 Å². The predicted molar refractivity (Wildman–Crippen MR) is 141 cm³/mol. The van der Waals surface area contributed by atoms with Gasteiger partial charge in [0.2, 0.25) is 0 Å². The number of nitrogens with one attached hydrogen (secondary N) is 1. The average molecular weight is 538 g/mol. The highest BCUT2D eigenvalue weighted by atomic mass is 32.1. The third kappa shape index (κ3) is 4.24. The highest BCUT2D eigenvalue weighted by Crippen LogP contribution is 2.45. The van der Waals surface area contributed by atoms with E-state index in [-0.39, 0.29) is 12.2 Å². The van der Waals surface area contributed by atoms with Crippen molar-refractivity contribution in [2.24, 2.45) is 0 Å². The maximum atomic E-state index is 14.0. The largest absolute Gasteiger partial charge is 0.497 e. The molecule has 196 valence electrons. The Bertz CT molecular complexity index is 1510. The summed E-state index contributed by atoms with van der Waals surface area (Å²) in [6.07, 6.45) is 1.57. The Labute approximate surface area is 222 Å². The van der Waals surface area contributed by atoms with Crippen LogP contribution in [-0.4, -0.2) is 22.6 Å². The second-order valence-electron chi connectivity index (χ2n) is 9.58. The number of para-hydroxylation sites is 1. The number of thiophene rings is 1. The molecule has 5 nitrogen and oxygen atoms in total. The molecule has 3 heterocycles. The van der Waals surface area contributed by atoms with Gasteiger partial charge in [-0.15, -0.1) is 11.3 Å². The molecule has 1 N–H and O–H groups in total. The molecule has 0 fully saturated rings. The minimum absolute atomic E-state index is 0.262. The van der Waals surface area contributed by atoms with Gasteiger partial charge in [-0.05, 0) is 73.2 Å². The number of hydrogen-bond acceptors (Lipinski definition) is 3. The van der Waals surface area contributed by atoms with Crippen molar-refractivity contribution in [1.82, 2.24) is 9.47 Å². The fourth-order valence-corrected chi connectivity index (χ4v) is 6.98. The maximum Gasteiger partial charge on any atom is 0.418 e. The summed E-state index contributed by atoms with van der Waals surface area (Å²) in [5.74, 6) is 0.639. The Morgan fingerprint density at radius 2 is 1.84 bits per heavy atom. The first kappa shape index (κ1) is 24.6. The van der Waals surface area contributed by atoms with Gasteiger partial charge < -0.3 is 19.5 Å². The van der Waals surface area contributed by atoms with Crippen LogP contribution in [0.4, 0.5) is 23.7 Å². The summed E-state index contributed by atoms with van der Waals surface area (Å²) >= 11 is 1.76. The summed E-state index contributed by atoms with van der Waals surface area (Å²) in [7, 11) is 1.58. The molecular formula is C29H26F3N3O2S. The molecule has 1 atom stereocenters. The molecule has 0 saturated heterocycles. The van der Waals surface area contributed by atoms with E-state index in [2.05, 4.69) is 9.88 Å². The molecule has 0 radical (unpaired) electrons. The van der Waals surface area contributed by atoms with Gasteiger partial charge in [0, 0.05) is 16.6 Å². The number of aromatic nitrogens is 1. The fraction of sp³-hybridized carbons (Fsp3) is 0.276. The summed E-state index contributed by atoms with van der Waals surface area (Å²) in [6.45, 7) is 0.282. The van der Waals surface area contributed by atoms with Crippen molar-refractivity contribution < 1.29 is 22.7 Å². The van der Waals surface area contributed by atoms with Crippen LogP contribution in [0.25, 0.3) is 5.00 Å². The van der Waals surface area contributed by atoms with E-state index in [1.165, 1.54) is 28.6 Å². The zero-order valence-electron chi connectivity index (χ0n) is 20.7. The van der Waals surface area contributed by atoms with Gasteiger partial charge in [-0.1, -0.05) is 24.3 Å². The lowest BCUT2D eigenvalue weighted by Crippen LogP contribution is -2.38. The number of hydrogen-bond donors (Lipinski definition) is 1. The Morgan fingerprint density at radius 1 is 1.03 bits per heavy atom. The topological polar surface area (TPSA) is 46.5 Å². The van der Waals surface area contributed by atoms with Gasteiger partial charge in [-0.25, -0.2) is 4.79 Å². The van der Waals surface area contributed by atoms with Gasteiger partial charge in [-0.2, -0.15) is 13.2 Å². The lowest BCUT2D eigenvalue weighted by atomic mass is 9.95. The molecule has 0 bridgehead atoms. The molecule has 1 aliphatic heterocycles.